The minimum Gasteiger partial charge on any atom is -0.381 e. The van der Waals surface area contributed by atoms with Gasteiger partial charge in [0.15, 0.2) is 0 Å². The van der Waals surface area contributed by atoms with Crippen LogP contribution < -0.4 is 5.48 Å². The van der Waals surface area contributed by atoms with Crippen LogP contribution in [-0.2, 0) is 16.1 Å². The lowest BCUT2D eigenvalue weighted by Gasteiger charge is -2.22. The zero-order valence-corrected chi connectivity index (χ0v) is 15.6. The highest BCUT2D eigenvalue weighted by atomic mass is 16.7. The molecule has 1 heterocycles. The van der Waals surface area contributed by atoms with E-state index in [2.05, 4.69) is 5.48 Å². The normalized spacial score (nSPS) is 14.0. The van der Waals surface area contributed by atoms with Crippen molar-refractivity contribution in [2.24, 2.45) is 0 Å². The minimum absolute atomic E-state index is 0.101. The number of non-ortho nitro benzene ring substituents is 2. The first-order chi connectivity index (χ1) is 13.5. The molecule has 0 aromatic heterocycles. The van der Waals surface area contributed by atoms with Gasteiger partial charge in [-0.3, -0.25) is 25.1 Å². The molecule has 1 N–H and O–H groups in total. The van der Waals surface area contributed by atoms with Gasteiger partial charge in [0.05, 0.1) is 16.0 Å². The smallest absolute Gasteiger partial charge is 0.269 e. The third kappa shape index (κ3) is 7.39. The van der Waals surface area contributed by atoms with E-state index < -0.39 is 9.85 Å². The van der Waals surface area contributed by atoms with Gasteiger partial charge >= 0.3 is 0 Å². The predicted molar refractivity (Wildman–Crippen MR) is 103 cm³/mol. The summed E-state index contributed by atoms with van der Waals surface area (Å²) in [6, 6.07) is 12.9. The Hall–Kier alpha value is -2.88. The first-order valence-corrected chi connectivity index (χ1v) is 8.86. The molecule has 2 aromatic rings. The summed E-state index contributed by atoms with van der Waals surface area (Å²) < 4.78 is 5.23. The monoisotopic (exact) mass is 389 g/mol. The van der Waals surface area contributed by atoms with E-state index in [1.165, 1.54) is 24.3 Å². The summed E-state index contributed by atoms with van der Waals surface area (Å²) in [5, 5.41) is 20.6. The van der Waals surface area contributed by atoms with Crippen LogP contribution in [0.1, 0.15) is 24.0 Å². The van der Waals surface area contributed by atoms with Crippen molar-refractivity contribution in [3.05, 3.63) is 79.9 Å². The fourth-order valence-corrected chi connectivity index (χ4v) is 2.44. The lowest BCUT2D eigenvalue weighted by atomic mass is 10.2. The highest BCUT2D eigenvalue weighted by Crippen LogP contribution is 2.13. The van der Waals surface area contributed by atoms with E-state index in [0.29, 0.717) is 6.54 Å². The third-order valence-electron chi connectivity index (χ3n) is 4.09. The summed E-state index contributed by atoms with van der Waals surface area (Å²) >= 11 is 0. The van der Waals surface area contributed by atoms with Crippen molar-refractivity contribution in [2.75, 3.05) is 13.2 Å². The van der Waals surface area contributed by atoms with Crippen LogP contribution in [0, 0.1) is 27.2 Å². The summed E-state index contributed by atoms with van der Waals surface area (Å²) in [6.07, 6.45) is 1.98. The molecule has 0 spiro atoms. The van der Waals surface area contributed by atoms with E-state index in [1.807, 2.05) is 6.92 Å². The van der Waals surface area contributed by atoms with Crippen LogP contribution in [0.15, 0.2) is 48.5 Å². The first-order valence-electron chi connectivity index (χ1n) is 8.86. The molecule has 0 bridgehead atoms. The molecule has 9 heteroatoms. The molecule has 3 rings (SSSR count). The predicted octanol–water partition coefficient (Wildman–Crippen LogP) is 3.70. The molecule has 9 nitrogen and oxygen atoms in total. The maximum Gasteiger partial charge on any atom is 0.269 e. The maximum absolute atomic E-state index is 10.5. The molecule has 1 aliphatic heterocycles. The van der Waals surface area contributed by atoms with E-state index >= 15 is 0 Å². The fraction of sp³-hybridized carbons (Fsp3) is 0.368. The number of nitrogens with one attached hydrogen (secondary N) is 1. The van der Waals surface area contributed by atoms with Gasteiger partial charge in [0.25, 0.3) is 11.4 Å². The second kappa shape index (κ2) is 11.1. The Balaban J connectivity index is 0.000000237. The van der Waals surface area contributed by atoms with Gasteiger partial charge in [-0.1, -0.05) is 29.8 Å². The zero-order valence-electron chi connectivity index (χ0n) is 15.6. The number of ether oxygens (including phenoxy) is 1. The second-order valence-electron chi connectivity index (χ2n) is 6.27. The third-order valence-corrected chi connectivity index (χ3v) is 4.09. The van der Waals surface area contributed by atoms with Gasteiger partial charge in [0, 0.05) is 44.0 Å². The van der Waals surface area contributed by atoms with Crippen LogP contribution in [0.5, 0.6) is 0 Å². The summed E-state index contributed by atoms with van der Waals surface area (Å²) in [7, 11) is 0. The molecule has 1 saturated heterocycles. The van der Waals surface area contributed by atoms with Crippen LogP contribution in [0.4, 0.5) is 11.4 Å². The number of nitro groups is 2. The molecule has 0 amide bonds. The van der Waals surface area contributed by atoms with Gasteiger partial charge in [-0.2, -0.15) is 5.48 Å². The molecular formula is C19H23N3O6. The number of nitrogens with zero attached hydrogens (tertiary/aromatic N) is 2. The Kier molecular flexibility index (Phi) is 8.47. The number of hydrogen-bond acceptors (Lipinski definition) is 7. The average Bonchev–Trinajstić information content (AvgIpc) is 2.70. The van der Waals surface area contributed by atoms with Crippen LogP contribution in [-0.4, -0.2) is 29.2 Å². The maximum atomic E-state index is 10.5. The lowest BCUT2D eigenvalue weighted by Crippen LogP contribution is -2.29. The Morgan fingerprint density at radius 1 is 0.964 bits per heavy atom. The number of benzene rings is 2. The van der Waals surface area contributed by atoms with E-state index in [1.54, 1.807) is 24.3 Å². The lowest BCUT2D eigenvalue weighted by molar-refractivity contribution is -0.385. The molecule has 1 fully saturated rings. The van der Waals surface area contributed by atoms with Crippen molar-refractivity contribution < 1.29 is 19.4 Å². The summed E-state index contributed by atoms with van der Waals surface area (Å²) in [6.45, 7) is 3.91. The van der Waals surface area contributed by atoms with Crippen molar-refractivity contribution in [3.8, 4) is 0 Å². The minimum atomic E-state index is -0.407. The van der Waals surface area contributed by atoms with E-state index in [-0.39, 0.29) is 17.5 Å². The van der Waals surface area contributed by atoms with Crippen LogP contribution >= 0.6 is 0 Å². The Morgan fingerprint density at radius 3 is 1.96 bits per heavy atom. The Bertz CT molecular complexity index is 758. The number of hydrogen-bond donors (Lipinski definition) is 1. The number of aryl methyl sites for hydroxylation is 1. The van der Waals surface area contributed by atoms with Crippen LogP contribution in [0.2, 0.25) is 0 Å². The second-order valence-corrected chi connectivity index (χ2v) is 6.27. The molecule has 0 aliphatic carbocycles. The highest BCUT2D eigenvalue weighted by molar-refractivity contribution is 5.33. The Labute approximate surface area is 162 Å². The molecule has 0 saturated carbocycles. The van der Waals surface area contributed by atoms with Crippen molar-refractivity contribution in [3.63, 3.8) is 0 Å². The van der Waals surface area contributed by atoms with Gasteiger partial charge in [-0.15, -0.1) is 0 Å². The number of nitro benzene ring substituents is 2. The largest absolute Gasteiger partial charge is 0.381 e. The summed E-state index contributed by atoms with van der Waals surface area (Å²) in [5.74, 6) is 0. The molecule has 1 aliphatic rings. The van der Waals surface area contributed by atoms with Crippen LogP contribution in [0.3, 0.4) is 0 Å². The number of rotatable bonds is 6. The number of hydroxylamine groups is 1. The van der Waals surface area contributed by atoms with E-state index in [9.17, 15) is 20.2 Å². The Morgan fingerprint density at radius 2 is 1.46 bits per heavy atom. The molecule has 2 aromatic carbocycles. The molecular weight excluding hydrogens is 366 g/mol. The zero-order chi connectivity index (χ0) is 20.4. The molecule has 0 unspecified atom stereocenters. The van der Waals surface area contributed by atoms with Crippen molar-refractivity contribution in [1.29, 1.82) is 0 Å². The topological polar surface area (TPSA) is 117 Å². The van der Waals surface area contributed by atoms with Gasteiger partial charge in [0.2, 0.25) is 0 Å². The van der Waals surface area contributed by atoms with Crippen LogP contribution in [0.25, 0.3) is 0 Å². The molecule has 28 heavy (non-hydrogen) atoms. The highest BCUT2D eigenvalue weighted by Gasteiger charge is 2.14. The van der Waals surface area contributed by atoms with Gasteiger partial charge in [-0.25, -0.2) is 0 Å². The molecule has 0 atom stereocenters. The van der Waals surface area contributed by atoms with Crippen molar-refractivity contribution in [2.45, 2.75) is 32.4 Å². The summed E-state index contributed by atoms with van der Waals surface area (Å²) in [5.41, 5.74) is 5.12. The molecule has 0 radical (unpaired) electrons. The van der Waals surface area contributed by atoms with Crippen molar-refractivity contribution >= 4 is 11.4 Å². The van der Waals surface area contributed by atoms with Gasteiger partial charge < -0.3 is 4.74 Å². The first kappa shape index (κ1) is 21.4. The summed E-state index contributed by atoms with van der Waals surface area (Å²) in [4.78, 5) is 25.3. The quantitative estimate of drug-likeness (QED) is 0.591. The fourth-order valence-electron chi connectivity index (χ4n) is 2.44. The standard InChI is InChI=1S/C12H16N2O4.C7H7NO2/c15-14(16)11-3-1-10(2-4-11)9-13-18-12-5-7-17-8-6-12;1-6-2-4-7(5-3-6)8(9)10/h1-4,12-13H,5-9H2;2-5H,1H3. The van der Waals surface area contributed by atoms with Gasteiger partial charge in [-0.05, 0) is 25.3 Å². The van der Waals surface area contributed by atoms with Gasteiger partial charge in [0.1, 0.15) is 0 Å². The molecule has 150 valence electrons. The van der Waals surface area contributed by atoms with E-state index in [0.717, 1.165) is 37.2 Å². The van der Waals surface area contributed by atoms with E-state index in [4.69, 9.17) is 9.57 Å². The average molecular weight is 389 g/mol. The van der Waals surface area contributed by atoms with Crippen molar-refractivity contribution in [1.82, 2.24) is 5.48 Å². The SMILES string of the molecule is Cc1ccc([N+](=O)[O-])cc1.O=[N+]([O-])c1ccc(CNOC2CCOCC2)cc1.